The van der Waals surface area contributed by atoms with Crippen molar-refractivity contribution in [3.8, 4) is 0 Å². The fraction of sp³-hybridized carbons (Fsp3) is 0.714. The molecule has 2 unspecified atom stereocenters. The minimum Gasteiger partial charge on any atom is -0.354 e. The summed E-state index contributed by atoms with van der Waals surface area (Å²) in [7, 11) is 2.26. The van der Waals surface area contributed by atoms with Crippen LogP contribution in [0.3, 0.4) is 0 Å². The molecular weight excluding hydrogens is 238 g/mol. The molecule has 1 aromatic heterocycles. The SMILES string of the molecule is CN1CCCC2CN(c3nnccc3CN)CCC21. The van der Waals surface area contributed by atoms with E-state index in [1.807, 2.05) is 6.07 Å². The highest BCUT2D eigenvalue weighted by molar-refractivity contribution is 5.46. The van der Waals surface area contributed by atoms with Gasteiger partial charge in [-0.3, -0.25) is 0 Å². The molecular formula is C14H23N5. The van der Waals surface area contributed by atoms with Gasteiger partial charge in [-0.1, -0.05) is 0 Å². The van der Waals surface area contributed by atoms with Crippen LogP contribution in [0.1, 0.15) is 24.8 Å². The van der Waals surface area contributed by atoms with E-state index in [4.69, 9.17) is 5.73 Å². The Labute approximate surface area is 114 Å². The maximum absolute atomic E-state index is 5.81. The summed E-state index contributed by atoms with van der Waals surface area (Å²) in [5.74, 6) is 1.76. The number of fused-ring (bicyclic) bond motifs is 1. The van der Waals surface area contributed by atoms with Gasteiger partial charge in [-0.2, -0.15) is 5.10 Å². The van der Waals surface area contributed by atoms with Crippen LogP contribution in [0, 0.1) is 5.92 Å². The van der Waals surface area contributed by atoms with Crippen LogP contribution in [-0.4, -0.2) is 47.8 Å². The standard InChI is InChI=1S/C14H23N5/c1-18-7-2-3-12-10-19(8-5-13(12)18)14-11(9-15)4-6-16-17-14/h4,6,12-13H,2-3,5,7-10,15H2,1H3. The van der Waals surface area contributed by atoms with Gasteiger partial charge >= 0.3 is 0 Å². The summed E-state index contributed by atoms with van der Waals surface area (Å²) in [6.07, 6.45) is 5.61. The molecule has 19 heavy (non-hydrogen) atoms. The topological polar surface area (TPSA) is 58.3 Å². The van der Waals surface area contributed by atoms with Gasteiger partial charge in [0, 0.05) is 31.2 Å². The molecule has 104 valence electrons. The number of hydrogen-bond acceptors (Lipinski definition) is 5. The zero-order chi connectivity index (χ0) is 13.2. The normalized spacial score (nSPS) is 28.2. The number of piperidine rings is 2. The van der Waals surface area contributed by atoms with Crippen LogP contribution in [0.5, 0.6) is 0 Å². The Bertz CT molecular complexity index is 436. The molecule has 2 atom stereocenters. The summed E-state index contributed by atoms with van der Waals surface area (Å²) in [6.45, 7) is 3.95. The van der Waals surface area contributed by atoms with E-state index in [1.165, 1.54) is 25.8 Å². The van der Waals surface area contributed by atoms with Gasteiger partial charge < -0.3 is 15.5 Å². The fourth-order valence-electron chi connectivity index (χ4n) is 3.62. The third-order valence-electron chi connectivity index (χ3n) is 4.65. The first-order valence-corrected chi connectivity index (χ1v) is 7.25. The van der Waals surface area contributed by atoms with E-state index in [9.17, 15) is 0 Å². The maximum atomic E-state index is 5.81. The number of aromatic nitrogens is 2. The molecule has 2 aliphatic heterocycles. The lowest BCUT2D eigenvalue weighted by Crippen LogP contribution is -2.53. The average Bonchev–Trinajstić information content (AvgIpc) is 2.47. The van der Waals surface area contributed by atoms with Gasteiger partial charge in [0.15, 0.2) is 5.82 Å². The van der Waals surface area contributed by atoms with Crippen LogP contribution >= 0.6 is 0 Å². The van der Waals surface area contributed by atoms with Crippen LogP contribution in [0.2, 0.25) is 0 Å². The number of anilines is 1. The van der Waals surface area contributed by atoms with Gasteiger partial charge in [-0.25, -0.2) is 0 Å². The Morgan fingerprint density at radius 3 is 3.11 bits per heavy atom. The third-order valence-corrected chi connectivity index (χ3v) is 4.65. The van der Waals surface area contributed by atoms with Crippen molar-refractivity contribution in [1.82, 2.24) is 15.1 Å². The minimum atomic E-state index is 0.537. The van der Waals surface area contributed by atoms with Crippen molar-refractivity contribution >= 4 is 5.82 Å². The van der Waals surface area contributed by atoms with Gasteiger partial charge in [0.05, 0.1) is 6.20 Å². The summed E-state index contributed by atoms with van der Waals surface area (Å²) in [6, 6.07) is 2.74. The Balaban J connectivity index is 1.77. The molecule has 5 heteroatoms. The second-order valence-electron chi connectivity index (χ2n) is 5.77. The number of rotatable bonds is 2. The Hall–Kier alpha value is -1.20. The molecule has 0 saturated carbocycles. The smallest absolute Gasteiger partial charge is 0.155 e. The van der Waals surface area contributed by atoms with Crippen LogP contribution in [0.4, 0.5) is 5.82 Å². The van der Waals surface area contributed by atoms with Crippen LogP contribution in [-0.2, 0) is 6.54 Å². The van der Waals surface area contributed by atoms with Gasteiger partial charge in [0.1, 0.15) is 0 Å². The number of nitrogens with two attached hydrogens (primary N) is 1. The van der Waals surface area contributed by atoms with E-state index in [-0.39, 0.29) is 0 Å². The fourth-order valence-corrected chi connectivity index (χ4v) is 3.62. The predicted molar refractivity (Wildman–Crippen MR) is 75.9 cm³/mol. The molecule has 0 bridgehead atoms. The first kappa shape index (κ1) is 12.8. The first-order chi connectivity index (χ1) is 9.29. The van der Waals surface area contributed by atoms with Crippen LogP contribution < -0.4 is 10.6 Å². The number of hydrogen-bond donors (Lipinski definition) is 1. The lowest BCUT2D eigenvalue weighted by Gasteiger charge is -2.46. The van der Waals surface area contributed by atoms with Gasteiger partial charge in [-0.05, 0) is 44.8 Å². The zero-order valence-corrected chi connectivity index (χ0v) is 11.6. The largest absolute Gasteiger partial charge is 0.354 e. The van der Waals surface area contributed by atoms with Crippen molar-refractivity contribution in [2.75, 3.05) is 31.6 Å². The third kappa shape index (κ3) is 2.44. The lowest BCUT2D eigenvalue weighted by molar-refractivity contribution is 0.102. The van der Waals surface area contributed by atoms with Crippen molar-refractivity contribution in [2.45, 2.75) is 31.8 Å². The molecule has 2 fully saturated rings. The predicted octanol–water partition coefficient (Wildman–Crippen LogP) is 0.856. The second-order valence-corrected chi connectivity index (χ2v) is 5.77. The van der Waals surface area contributed by atoms with Crippen molar-refractivity contribution in [3.63, 3.8) is 0 Å². The molecule has 0 radical (unpaired) electrons. The summed E-state index contributed by atoms with van der Waals surface area (Å²) in [4.78, 5) is 4.92. The zero-order valence-electron chi connectivity index (χ0n) is 11.6. The molecule has 3 heterocycles. The van der Waals surface area contributed by atoms with Crippen LogP contribution in [0.25, 0.3) is 0 Å². The average molecular weight is 261 g/mol. The molecule has 0 aromatic carbocycles. The first-order valence-electron chi connectivity index (χ1n) is 7.25. The van der Waals surface area contributed by atoms with Crippen molar-refractivity contribution < 1.29 is 0 Å². The van der Waals surface area contributed by atoms with E-state index in [0.717, 1.165) is 36.4 Å². The van der Waals surface area contributed by atoms with Crippen LogP contribution in [0.15, 0.2) is 12.3 Å². The van der Waals surface area contributed by atoms with Crippen molar-refractivity contribution in [3.05, 3.63) is 17.8 Å². The quantitative estimate of drug-likeness (QED) is 0.855. The molecule has 1 aromatic rings. The molecule has 5 nitrogen and oxygen atoms in total. The molecule has 2 N–H and O–H groups in total. The van der Waals surface area contributed by atoms with E-state index in [1.54, 1.807) is 6.20 Å². The maximum Gasteiger partial charge on any atom is 0.155 e. The molecule has 3 rings (SSSR count). The summed E-state index contributed by atoms with van der Waals surface area (Å²) in [5, 5.41) is 8.34. The summed E-state index contributed by atoms with van der Waals surface area (Å²) >= 11 is 0. The lowest BCUT2D eigenvalue weighted by atomic mass is 9.84. The molecule has 0 spiro atoms. The Kier molecular flexibility index (Phi) is 3.66. The number of nitrogens with zero attached hydrogens (tertiary/aromatic N) is 4. The summed E-state index contributed by atoms with van der Waals surface area (Å²) in [5.41, 5.74) is 6.92. The number of likely N-dealkylation sites (tertiary alicyclic amines) is 1. The minimum absolute atomic E-state index is 0.537. The molecule has 0 amide bonds. The van der Waals surface area contributed by atoms with Crippen molar-refractivity contribution in [1.29, 1.82) is 0 Å². The Morgan fingerprint density at radius 2 is 2.26 bits per heavy atom. The molecule has 2 saturated heterocycles. The second kappa shape index (κ2) is 5.43. The highest BCUT2D eigenvalue weighted by Crippen LogP contribution is 2.31. The van der Waals surface area contributed by atoms with E-state index in [2.05, 4.69) is 27.0 Å². The van der Waals surface area contributed by atoms with Gasteiger partial charge in [-0.15, -0.1) is 5.10 Å². The van der Waals surface area contributed by atoms with Gasteiger partial charge in [0.2, 0.25) is 0 Å². The monoisotopic (exact) mass is 261 g/mol. The molecule has 2 aliphatic rings. The van der Waals surface area contributed by atoms with E-state index < -0.39 is 0 Å². The highest BCUT2D eigenvalue weighted by atomic mass is 15.3. The highest BCUT2D eigenvalue weighted by Gasteiger charge is 2.35. The van der Waals surface area contributed by atoms with E-state index >= 15 is 0 Å². The summed E-state index contributed by atoms with van der Waals surface area (Å²) < 4.78 is 0. The van der Waals surface area contributed by atoms with E-state index in [0.29, 0.717) is 6.54 Å². The Morgan fingerprint density at radius 1 is 1.37 bits per heavy atom. The van der Waals surface area contributed by atoms with Gasteiger partial charge in [0.25, 0.3) is 0 Å². The molecule has 0 aliphatic carbocycles. The van der Waals surface area contributed by atoms with Crippen molar-refractivity contribution in [2.24, 2.45) is 11.7 Å².